The fourth-order valence-electron chi connectivity index (χ4n) is 3.56. The Kier molecular flexibility index (Phi) is 3.41. The number of rotatable bonds is 2. The first kappa shape index (κ1) is 14.1. The van der Waals surface area contributed by atoms with Crippen LogP contribution in [0.4, 0.5) is 0 Å². The van der Waals surface area contributed by atoms with Gasteiger partial charge in [0.05, 0.1) is 11.6 Å². The summed E-state index contributed by atoms with van der Waals surface area (Å²) in [5.74, 6) is 0.122. The second-order valence-electron chi connectivity index (χ2n) is 6.20. The maximum Gasteiger partial charge on any atom is 0.256 e. The lowest BCUT2D eigenvalue weighted by atomic mass is 10.0. The van der Waals surface area contributed by atoms with Gasteiger partial charge in [0, 0.05) is 42.1 Å². The molecule has 3 aromatic rings. The van der Waals surface area contributed by atoms with Crippen molar-refractivity contribution in [3.05, 3.63) is 54.0 Å². The highest BCUT2D eigenvalue weighted by molar-refractivity contribution is 6.08. The minimum Gasteiger partial charge on any atom is -0.358 e. The molecule has 23 heavy (non-hydrogen) atoms. The zero-order valence-corrected chi connectivity index (χ0v) is 13.2. The number of piperidine rings is 1. The number of likely N-dealkylation sites (tertiary alicyclic amines) is 1. The van der Waals surface area contributed by atoms with Crippen LogP contribution in [0, 0.1) is 6.92 Å². The van der Waals surface area contributed by atoms with Crippen molar-refractivity contribution in [2.24, 2.45) is 0 Å². The van der Waals surface area contributed by atoms with Crippen molar-refractivity contribution < 1.29 is 4.79 Å². The molecule has 1 aliphatic heterocycles. The zero-order chi connectivity index (χ0) is 15.8. The van der Waals surface area contributed by atoms with Crippen LogP contribution in [0.1, 0.15) is 34.9 Å². The first-order valence-electron chi connectivity index (χ1n) is 8.10. The molecule has 5 heteroatoms. The molecule has 5 nitrogen and oxygen atoms in total. The van der Waals surface area contributed by atoms with Crippen molar-refractivity contribution in [1.82, 2.24) is 19.7 Å². The molecule has 0 radical (unpaired) electrons. The Morgan fingerprint density at radius 1 is 1.30 bits per heavy atom. The van der Waals surface area contributed by atoms with Crippen molar-refractivity contribution in [2.45, 2.75) is 25.8 Å². The number of hydrogen-bond acceptors (Lipinski definition) is 2. The lowest BCUT2D eigenvalue weighted by molar-refractivity contribution is 0.0674. The highest BCUT2D eigenvalue weighted by Gasteiger charge is 2.28. The lowest BCUT2D eigenvalue weighted by Gasteiger charge is -2.33. The van der Waals surface area contributed by atoms with Gasteiger partial charge >= 0.3 is 0 Å². The third-order valence-electron chi connectivity index (χ3n) is 4.69. The average molecular weight is 308 g/mol. The van der Waals surface area contributed by atoms with Crippen molar-refractivity contribution >= 4 is 16.8 Å². The molecule has 1 amide bonds. The van der Waals surface area contributed by atoms with Crippen molar-refractivity contribution in [3.63, 3.8) is 0 Å². The van der Waals surface area contributed by atoms with Gasteiger partial charge in [-0.3, -0.25) is 9.48 Å². The smallest absolute Gasteiger partial charge is 0.256 e. The van der Waals surface area contributed by atoms with E-state index in [-0.39, 0.29) is 11.9 Å². The molecular formula is C18H20N4O. The Labute approximate surface area is 134 Å². The molecule has 1 N–H and O–H groups in total. The van der Waals surface area contributed by atoms with E-state index in [1.807, 2.05) is 53.0 Å². The first-order chi connectivity index (χ1) is 11.2. The lowest BCUT2D eigenvalue weighted by Crippen LogP contribution is -2.41. The summed E-state index contributed by atoms with van der Waals surface area (Å²) in [5.41, 5.74) is 2.77. The number of carbonyl (C=O) groups is 1. The number of aromatic nitrogens is 3. The Morgan fingerprint density at radius 2 is 2.17 bits per heavy atom. The fraction of sp³-hybridized carbons (Fsp3) is 0.333. The second kappa shape index (κ2) is 5.57. The number of benzene rings is 1. The highest BCUT2D eigenvalue weighted by Crippen LogP contribution is 2.27. The van der Waals surface area contributed by atoms with Crippen LogP contribution in [-0.4, -0.2) is 38.7 Å². The van der Waals surface area contributed by atoms with Gasteiger partial charge < -0.3 is 9.88 Å². The molecule has 2 aromatic heterocycles. The fourth-order valence-corrected chi connectivity index (χ4v) is 3.56. The number of fused-ring (bicyclic) bond motifs is 1. The summed E-state index contributed by atoms with van der Waals surface area (Å²) in [5, 5.41) is 5.35. The van der Waals surface area contributed by atoms with E-state index in [9.17, 15) is 4.79 Å². The van der Waals surface area contributed by atoms with E-state index < -0.39 is 0 Å². The Balaban J connectivity index is 1.64. The van der Waals surface area contributed by atoms with E-state index >= 15 is 0 Å². The molecule has 1 atom stereocenters. The maximum atomic E-state index is 13.1. The van der Waals surface area contributed by atoms with Gasteiger partial charge in [-0.05, 0) is 31.9 Å². The molecular weight excluding hydrogens is 288 g/mol. The molecule has 3 heterocycles. The van der Waals surface area contributed by atoms with Crippen molar-refractivity contribution in [2.75, 3.05) is 13.1 Å². The van der Waals surface area contributed by atoms with E-state index in [0.29, 0.717) is 0 Å². The first-order valence-corrected chi connectivity index (χ1v) is 8.10. The predicted octanol–water partition coefficient (Wildman–Crippen LogP) is 3.15. The van der Waals surface area contributed by atoms with Crippen LogP contribution in [0.25, 0.3) is 10.9 Å². The van der Waals surface area contributed by atoms with E-state index in [4.69, 9.17) is 0 Å². The van der Waals surface area contributed by atoms with Gasteiger partial charge in [0.1, 0.15) is 0 Å². The van der Waals surface area contributed by atoms with Gasteiger partial charge in [0.25, 0.3) is 5.91 Å². The van der Waals surface area contributed by atoms with Gasteiger partial charge in [-0.2, -0.15) is 5.10 Å². The molecule has 1 aliphatic rings. The van der Waals surface area contributed by atoms with Crippen LogP contribution in [0.15, 0.2) is 42.7 Å². The molecule has 4 rings (SSSR count). The molecule has 1 aromatic carbocycles. The van der Waals surface area contributed by atoms with Gasteiger partial charge in [0.2, 0.25) is 0 Å². The number of nitrogens with zero attached hydrogens (tertiary/aromatic N) is 3. The predicted molar refractivity (Wildman–Crippen MR) is 89.4 cm³/mol. The van der Waals surface area contributed by atoms with Crippen LogP contribution < -0.4 is 0 Å². The molecule has 1 saturated heterocycles. The van der Waals surface area contributed by atoms with Crippen LogP contribution >= 0.6 is 0 Å². The number of aromatic amines is 1. The minimum atomic E-state index is 0.122. The summed E-state index contributed by atoms with van der Waals surface area (Å²) in [7, 11) is 0. The molecule has 0 bridgehead atoms. The third-order valence-corrected chi connectivity index (χ3v) is 4.69. The van der Waals surface area contributed by atoms with E-state index in [1.165, 1.54) is 0 Å². The van der Waals surface area contributed by atoms with Gasteiger partial charge in [-0.25, -0.2) is 0 Å². The average Bonchev–Trinajstić information content (AvgIpc) is 3.21. The van der Waals surface area contributed by atoms with Crippen molar-refractivity contribution in [3.8, 4) is 0 Å². The summed E-state index contributed by atoms with van der Waals surface area (Å²) in [6.45, 7) is 3.51. The number of hydrogen-bond donors (Lipinski definition) is 1. The summed E-state index contributed by atoms with van der Waals surface area (Å²) in [4.78, 5) is 18.4. The molecule has 118 valence electrons. The number of amides is 1. The molecule has 1 fully saturated rings. The Hall–Kier alpha value is -2.56. The molecule has 0 aliphatic carbocycles. The van der Waals surface area contributed by atoms with Gasteiger partial charge in [-0.15, -0.1) is 0 Å². The summed E-state index contributed by atoms with van der Waals surface area (Å²) >= 11 is 0. The number of nitrogens with one attached hydrogen (secondary N) is 1. The zero-order valence-electron chi connectivity index (χ0n) is 13.2. The Morgan fingerprint density at radius 3 is 3.00 bits per heavy atom. The molecule has 0 spiro atoms. The number of para-hydroxylation sites is 1. The van der Waals surface area contributed by atoms with Crippen LogP contribution in [0.2, 0.25) is 0 Å². The minimum absolute atomic E-state index is 0.122. The number of H-pyrrole nitrogens is 1. The van der Waals surface area contributed by atoms with Crippen molar-refractivity contribution in [1.29, 1.82) is 0 Å². The van der Waals surface area contributed by atoms with Gasteiger partial charge in [0.15, 0.2) is 0 Å². The van der Waals surface area contributed by atoms with Crippen LogP contribution in [-0.2, 0) is 0 Å². The topological polar surface area (TPSA) is 53.9 Å². The van der Waals surface area contributed by atoms with E-state index in [2.05, 4.69) is 10.1 Å². The normalized spacial score (nSPS) is 18.5. The van der Waals surface area contributed by atoms with Crippen LogP contribution in [0.3, 0.4) is 0 Å². The summed E-state index contributed by atoms with van der Waals surface area (Å²) < 4.78 is 1.97. The third kappa shape index (κ3) is 2.42. The van der Waals surface area contributed by atoms with Crippen LogP contribution in [0.5, 0.6) is 0 Å². The molecule has 0 unspecified atom stereocenters. The van der Waals surface area contributed by atoms with Gasteiger partial charge in [-0.1, -0.05) is 18.2 Å². The van der Waals surface area contributed by atoms with E-state index in [0.717, 1.165) is 48.1 Å². The van der Waals surface area contributed by atoms with E-state index in [1.54, 1.807) is 6.20 Å². The SMILES string of the molecule is Cc1[nH]c2ccccc2c1C(=O)N1CCC[C@H](n2cccn2)C1. The molecule has 0 saturated carbocycles. The summed E-state index contributed by atoms with van der Waals surface area (Å²) in [6, 6.07) is 10.2. The largest absolute Gasteiger partial charge is 0.358 e. The standard InChI is InChI=1S/C18H20N4O/c1-13-17(15-7-2-3-8-16(15)20-13)18(23)21-10-4-6-14(12-21)22-11-5-9-19-22/h2-3,5,7-9,11,14,20H,4,6,10,12H2,1H3/t14-/m0/s1. The Bertz CT molecular complexity index is 834. The summed E-state index contributed by atoms with van der Waals surface area (Å²) in [6.07, 6.45) is 5.86. The quantitative estimate of drug-likeness (QED) is 0.790. The second-order valence-corrected chi connectivity index (χ2v) is 6.20. The maximum absolute atomic E-state index is 13.1. The number of carbonyl (C=O) groups excluding carboxylic acids is 1. The monoisotopic (exact) mass is 308 g/mol. The number of aryl methyl sites for hydroxylation is 1. The highest BCUT2D eigenvalue weighted by atomic mass is 16.2.